The summed E-state index contributed by atoms with van der Waals surface area (Å²) in [7, 11) is 0. The largest absolute Gasteiger partial charge is 0.493 e. The number of Topliss-reactive ketones (excluding diaryl/α,β-unsaturated/α-hetero) is 1. The summed E-state index contributed by atoms with van der Waals surface area (Å²) in [4.78, 5) is 31.5. The molecular weight excluding hydrogens is 470 g/mol. The summed E-state index contributed by atoms with van der Waals surface area (Å²) in [5.41, 5.74) is 4.42. The molecular formula is C29H33N3O3S. The zero-order valence-corrected chi connectivity index (χ0v) is 21.9. The normalized spacial score (nSPS) is 16.4. The van der Waals surface area contributed by atoms with E-state index < -0.39 is 0 Å². The van der Waals surface area contributed by atoms with Gasteiger partial charge in [-0.15, -0.1) is 0 Å². The van der Waals surface area contributed by atoms with Crippen LogP contribution >= 0.6 is 11.3 Å². The minimum atomic E-state index is -0.183. The molecule has 0 bridgehead atoms. The van der Waals surface area contributed by atoms with E-state index in [0.29, 0.717) is 28.0 Å². The summed E-state index contributed by atoms with van der Waals surface area (Å²) in [5, 5.41) is 3.15. The van der Waals surface area contributed by atoms with Crippen molar-refractivity contribution in [3.63, 3.8) is 0 Å². The molecule has 3 aromatic rings. The van der Waals surface area contributed by atoms with Crippen LogP contribution < -0.4 is 15.0 Å². The zero-order chi connectivity index (χ0) is 25.2. The molecule has 188 valence electrons. The van der Waals surface area contributed by atoms with Crippen molar-refractivity contribution in [1.82, 2.24) is 4.98 Å². The fourth-order valence-corrected chi connectivity index (χ4v) is 5.56. The molecule has 2 aliphatic rings. The monoisotopic (exact) mass is 503 g/mol. The maximum Gasteiger partial charge on any atom is 0.223 e. The molecule has 7 heteroatoms. The molecule has 1 saturated carbocycles. The Morgan fingerprint density at radius 3 is 2.44 bits per heavy atom. The van der Waals surface area contributed by atoms with Crippen LogP contribution in [0.3, 0.4) is 0 Å². The molecule has 0 unspecified atom stereocenters. The van der Waals surface area contributed by atoms with Crippen molar-refractivity contribution in [2.24, 2.45) is 5.92 Å². The number of benzene rings is 2. The van der Waals surface area contributed by atoms with E-state index in [4.69, 9.17) is 4.74 Å². The number of hydrogen-bond donors (Lipinski definition) is 1. The maximum atomic E-state index is 12.9. The number of carbonyl (C=O) groups is 2. The van der Waals surface area contributed by atoms with E-state index in [1.54, 1.807) is 0 Å². The standard InChI is InChI=1S/C29H33N3O3S/c1-18(14-27(34)28-19(2)30-29(36-28)31-20(3)33)22-6-8-23(9-7-22)24-15-32(16-24)25-10-12-26(13-11-25)35-17-21-4-5-21/h6-13,18,21,24H,4-5,14-17H2,1-3H3,(H,30,31,33)/t18-/m1/s1. The number of hydrogen-bond acceptors (Lipinski definition) is 6. The van der Waals surface area contributed by atoms with Crippen LogP contribution in [0.5, 0.6) is 5.75 Å². The number of nitrogens with zero attached hydrogens (tertiary/aromatic N) is 2. The fraction of sp³-hybridized carbons (Fsp3) is 0.414. The number of thiazole rings is 1. The van der Waals surface area contributed by atoms with Crippen LogP contribution in [0, 0.1) is 12.8 Å². The summed E-state index contributed by atoms with van der Waals surface area (Å²) < 4.78 is 5.85. The van der Waals surface area contributed by atoms with Crippen molar-refractivity contribution in [3.05, 3.63) is 70.2 Å². The molecule has 5 rings (SSSR count). The second-order valence-electron chi connectivity index (χ2n) is 10.2. The number of aromatic nitrogens is 1. The molecule has 0 radical (unpaired) electrons. The minimum absolute atomic E-state index is 0.0665. The van der Waals surface area contributed by atoms with Gasteiger partial charge in [-0.05, 0) is 67.0 Å². The van der Waals surface area contributed by atoms with E-state index in [2.05, 4.69) is 70.7 Å². The molecule has 1 atom stereocenters. The van der Waals surface area contributed by atoms with Gasteiger partial charge in [-0.25, -0.2) is 4.98 Å². The number of ether oxygens (including phenoxy) is 1. The quantitative estimate of drug-likeness (QED) is 0.335. The van der Waals surface area contributed by atoms with Gasteiger partial charge in [-0.1, -0.05) is 42.5 Å². The summed E-state index contributed by atoms with van der Waals surface area (Å²) in [6.07, 6.45) is 3.03. The number of rotatable bonds is 10. The zero-order valence-electron chi connectivity index (χ0n) is 21.1. The van der Waals surface area contributed by atoms with Gasteiger partial charge in [0.25, 0.3) is 0 Å². The van der Waals surface area contributed by atoms with E-state index in [0.717, 1.165) is 36.9 Å². The second kappa shape index (κ2) is 10.4. The molecule has 36 heavy (non-hydrogen) atoms. The Balaban J connectivity index is 1.12. The molecule has 6 nitrogen and oxygen atoms in total. The molecule has 1 amide bonds. The van der Waals surface area contributed by atoms with Crippen LogP contribution in [0.4, 0.5) is 10.8 Å². The Morgan fingerprint density at radius 2 is 1.81 bits per heavy atom. The number of anilines is 2. The third-order valence-electron chi connectivity index (χ3n) is 7.07. The van der Waals surface area contributed by atoms with Gasteiger partial charge in [0, 0.05) is 38.0 Å². The van der Waals surface area contributed by atoms with Gasteiger partial charge in [0.15, 0.2) is 10.9 Å². The van der Waals surface area contributed by atoms with Crippen molar-refractivity contribution in [2.75, 3.05) is 29.9 Å². The number of aryl methyl sites for hydroxylation is 1. The van der Waals surface area contributed by atoms with Gasteiger partial charge in [0.1, 0.15) is 5.75 Å². The fourth-order valence-electron chi connectivity index (χ4n) is 4.60. The Kier molecular flexibility index (Phi) is 7.10. The lowest BCUT2D eigenvalue weighted by Gasteiger charge is -2.41. The number of amides is 1. The predicted molar refractivity (Wildman–Crippen MR) is 145 cm³/mol. The van der Waals surface area contributed by atoms with E-state index in [1.807, 2.05) is 6.92 Å². The van der Waals surface area contributed by atoms with Crippen LogP contribution in [0.1, 0.15) is 71.4 Å². The van der Waals surface area contributed by atoms with Crippen LogP contribution in [-0.2, 0) is 4.79 Å². The van der Waals surface area contributed by atoms with Gasteiger partial charge in [0.05, 0.1) is 17.2 Å². The highest BCUT2D eigenvalue weighted by Crippen LogP contribution is 2.34. The number of nitrogens with one attached hydrogen (secondary N) is 1. The average molecular weight is 504 g/mol. The first kappa shape index (κ1) is 24.5. The Morgan fingerprint density at radius 1 is 1.11 bits per heavy atom. The lowest BCUT2D eigenvalue weighted by Crippen LogP contribution is -2.45. The van der Waals surface area contributed by atoms with E-state index in [1.165, 1.54) is 42.4 Å². The van der Waals surface area contributed by atoms with Gasteiger partial charge >= 0.3 is 0 Å². The SMILES string of the molecule is CC(=O)Nc1nc(C)c(C(=O)C[C@@H](C)c2ccc(C3CN(c4ccc(OCC5CC5)cc4)C3)cc2)s1. The smallest absolute Gasteiger partial charge is 0.223 e. The molecule has 2 fully saturated rings. The van der Waals surface area contributed by atoms with E-state index >= 15 is 0 Å². The summed E-state index contributed by atoms with van der Waals surface area (Å²) in [6.45, 7) is 8.20. The summed E-state index contributed by atoms with van der Waals surface area (Å²) >= 11 is 1.25. The van der Waals surface area contributed by atoms with Crippen LogP contribution in [0.25, 0.3) is 0 Å². The molecule has 1 saturated heterocycles. The maximum absolute atomic E-state index is 12.9. The topological polar surface area (TPSA) is 71.5 Å². The lowest BCUT2D eigenvalue weighted by molar-refractivity contribution is -0.114. The van der Waals surface area contributed by atoms with Gasteiger partial charge < -0.3 is 15.0 Å². The van der Waals surface area contributed by atoms with E-state index in [-0.39, 0.29) is 17.6 Å². The molecule has 2 heterocycles. The van der Waals surface area contributed by atoms with Crippen molar-refractivity contribution < 1.29 is 14.3 Å². The molecule has 1 aromatic heterocycles. The first-order valence-corrected chi connectivity index (χ1v) is 13.5. The molecule has 0 spiro atoms. The van der Waals surface area contributed by atoms with Crippen LogP contribution in [-0.4, -0.2) is 36.4 Å². The average Bonchev–Trinajstić information content (AvgIpc) is 3.58. The third kappa shape index (κ3) is 5.78. The third-order valence-corrected chi connectivity index (χ3v) is 8.18. The first-order valence-electron chi connectivity index (χ1n) is 12.7. The van der Waals surface area contributed by atoms with Crippen molar-refractivity contribution in [2.45, 2.75) is 51.9 Å². The molecule has 1 aliphatic carbocycles. The van der Waals surface area contributed by atoms with Gasteiger partial charge in [-0.2, -0.15) is 0 Å². The van der Waals surface area contributed by atoms with Crippen molar-refractivity contribution in [3.8, 4) is 5.75 Å². The summed E-state index contributed by atoms with van der Waals surface area (Å²) in [6, 6.07) is 17.2. The highest BCUT2D eigenvalue weighted by atomic mass is 32.1. The van der Waals surface area contributed by atoms with Crippen molar-refractivity contribution in [1.29, 1.82) is 0 Å². The lowest BCUT2D eigenvalue weighted by atomic mass is 9.88. The Hall–Kier alpha value is -3.19. The minimum Gasteiger partial charge on any atom is -0.493 e. The van der Waals surface area contributed by atoms with Crippen LogP contribution in [0.2, 0.25) is 0 Å². The number of carbonyl (C=O) groups excluding carboxylic acids is 2. The highest BCUT2D eigenvalue weighted by molar-refractivity contribution is 7.17. The van der Waals surface area contributed by atoms with Gasteiger partial charge in [-0.3, -0.25) is 9.59 Å². The Bertz CT molecular complexity index is 1230. The second-order valence-corrected chi connectivity index (χ2v) is 11.2. The van der Waals surface area contributed by atoms with Crippen molar-refractivity contribution >= 4 is 33.8 Å². The highest BCUT2D eigenvalue weighted by Gasteiger charge is 2.28. The predicted octanol–water partition coefficient (Wildman–Crippen LogP) is 6.18. The van der Waals surface area contributed by atoms with E-state index in [9.17, 15) is 9.59 Å². The molecule has 1 N–H and O–H groups in total. The van der Waals surface area contributed by atoms with Gasteiger partial charge in [0.2, 0.25) is 5.91 Å². The Labute approximate surface area is 216 Å². The number of ketones is 1. The molecule has 2 aromatic carbocycles. The first-order chi connectivity index (χ1) is 17.4. The summed E-state index contributed by atoms with van der Waals surface area (Å²) in [5.74, 6) is 2.24. The van der Waals surface area contributed by atoms with Crippen LogP contribution in [0.15, 0.2) is 48.5 Å². The molecule has 1 aliphatic heterocycles.